The van der Waals surface area contributed by atoms with Crippen molar-refractivity contribution in [3.8, 4) is 5.75 Å². The molecule has 0 radical (unpaired) electrons. The molecule has 0 aliphatic rings. The molecule has 0 fully saturated rings. The molecule has 0 atom stereocenters. The van der Waals surface area contributed by atoms with E-state index < -0.39 is 11.7 Å². The number of phenolic OH excluding ortho intramolecular Hbond substituents is 1. The molecule has 0 heterocycles. The minimum absolute atomic E-state index is 0.175. The summed E-state index contributed by atoms with van der Waals surface area (Å²) in [6, 6.07) is 9.92. The summed E-state index contributed by atoms with van der Waals surface area (Å²) in [4.78, 5) is 12.0. The lowest BCUT2D eigenvalue weighted by Gasteiger charge is -2.08. The van der Waals surface area contributed by atoms with E-state index in [-0.39, 0.29) is 11.3 Å². The van der Waals surface area contributed by atoms with Gasteiger partial charge in [0.05, 0.1) is 11.3 Å². The van der Waals surface area contributed by atoms with E-state index in [0.717, 1.165) is 6.07 Å². The summed E-state index contributed by atoms with van der Waals surface area (Å²) < 4.78 is 13.6. The van der Waals surface area contributed by atoms with Crippen LogP contribution < -0.4 is 5.32 Å². The van der Waals surface area contributed by atoms with Gasteiger partial charge in [-0.1, -0.05) is 17.3 Å². The van der Waals surface area contributed by atoms with Gasteiger partial charge in [-0.3, -0.25) is 4.79 Å². The quantitative estimate of drug-likeness (QED) is 0.461. The summed E-state index contributed by atoms with van der Waals surface area (Å²) in [6.07, 6.45) is 0. The van der Waals surface area contributed by atoms with Gasteiger partial charge in [0.2, 0.25) is 0 Å². The number of phenols is 1. The number of aromatic hydroxyl groups is 1. The molecular weight excluding hydrogens is 275 g/mol. The number of rotatable bonds is 3. The topological polar surface area (TPSA) is 81.9 Å². The molecule has 5 nitrogen and oxygen atoms in total. The van der Waals surface area contributed by atoms with Crippen molar-refractivity contribution in [2.24, 2.45) is 5.16 Å². The van der Waals surface area contributed by atoms with Gasteiger partial charge in [-0.15, -0.1) is 0 Å². The number of halogens is 1. The molecule has 3 N–H and O–H groups in total. The van der Waals surface area contributed by atoms with E-state index in [1.807, 2.05) is 0 Å². The Kier molecular flexibility index (Phi) is 4.18. The van der Waals surface area contributed by atoms with Crippen LogP contribution in [0.15, 0.2) is 47.6 Å². The Morgan fingerprint density at radius 3 is 2.67 bits per heavy atom. The van der Waals surface area contributed by atoms with Crippen LogP contribution in [0.1, 0.15) is 22.8 Å². The fourth-order valence-corrected chi connectivity index (χ4v) is 1.77. The summed E-state index contributed by atoms with van der Waals surface area (Å²) in [5.74, 6) is -1.69. The van der Waals surface area contributed by atoms with Crippen molar-refractivity contribution in [3.05, 3.63) is 59.4 Å². The van der Waals surface area contributed by atoms with Crippen LogP contribution in [0.5, 0.6) is 5.75 Å². The van der Waals surface area contributed by atoms with Gasteiger partial charge in [0.25, 0.3) is 5.91 Å². The molecule has 0 unspecified atom stereocenters. The van der Waals surface area contributed by atoms with Crippen LogP contribution in [-0.4, -0.2) is 21.9 Å². The van der Waals surface area contributed by atoms with Crippen molar-refractivity contribution >= 4 is 17.3 Å². The Morgan fingerprint density at radius 2 is 2.00 bits per heavy atom. The third-order valence-corrected chi connectivity index (χ3v) is 2.89. The maximum Gasteiger partial charge on any atom is 0.258 e. The summed E-state index contributed by atoms with van der Waals surface area (Å²) in [5, 5.41) is 23.5. The van der Waals surface area contributed by atoms with Crippen LogP contribution in [-0.2, 0) is 0 Å². The van der Waals surface area contributed by atoms with Crippen molar-refractivity contribution in [1.29, 1.82) is 0 Å². The Morgan fingerprint density at radius 1 is 1.24 bits per heavy atom. The van der Waals surface area contributed by atoms with Crippen LogP contribution in [0.3, 0.4) is 0 Å². The Balaban J connectivity index is 2.23. The van der Waals surface area contributed by atoms with Crippen molar-refractivity contribution in [3.63, 3.8) is 0 Å². The Bertz CT molecular complexity index is 714. The first-order valence-electron chi connectivity index (χ1n) is 6.10. The predicted octanol–water partition coefficient (Wildman–Crippen LogP) is 2.98. The zero-order chi connectivity index (χ0) is 15.4. The van der Waals surface area contributed by atoms with Crippen molar-refractivity contribution in [2.45, 2.75) is 6.92 Å². The van der Waals surface area contributed by atoms with Crippen molar-refractivity contribution in [1.82, 2.24) is 0 Å². The average Bonchev–Trinajstić information content (AvgIpc) is 2.46. The van der Waals surface area contributed by atoms with Gasteiger partial charge < -0.3 is 15.6 Å². The lowest BCUT2D eigenvalue weighted by atomic mass is 10.1. The van der Waals surface area contributed by atoms with Crippen LogP contribution >= 0.6 is 0 Å². The first kappa shape index (κ1) is 14.5. The van der Waals surface area contributed by atoms with E-state index in [0.29, 0.717) is 17.0 Å². The fourth-order valence-electron chi connectivity index (χ4n) is 1.77. The van der Waals surface area contributed by atoms with E-state index in [1.165, 1.54) is 12.1 Å². The molecule has 0 aliphatic carbocycles. The van der Waals surface area contributed by atoms with Gasteiger partial charge in [0, 0.05) is 17.3 Å². The lowest BCUT2D eigenvalue weighted by molar-refractivity contribution is 0.102. The second-order valence-corrected chi connectivity index (χ2v) is 4.38. The number of nitrogens with one attached hydrogen (secondary N) is 1. The number of hydrogen-bond donors (Lipinski definition) is 3. The first-order valence-corrected chi connectivity index (χ1v) is 6.10. The average molecular weight is 288 g/mol. The maximum absolute atomic E-state index is 13.6. The van der Waals surface area contributed by atoms with E-state index in [4.69, 9.17) is 10.3 Å². The van der Waals surface area contributed by atoms with Crippen molar-refractivity contribution < 1.29 is 19.5 Å². The highest BCUT2D eigenvalue weighted by atomic mass is 19.1. The summed E-state index contributed by atoms with van der Waals surface area (Å²) in [6.45, 7) is 1.61. The van der Waals surface area contributed by atoms with Gasteiger partial charge in [-0.05, 0) is 31.2 Å². The molecule has 21 heavy (non-hydrogen) atoms. The summed E-state index contributed by atoms with van der Waals surface area (Å²) >= 11 is 0. The van der Waals surface area contributed by atoms with Crippen LogP contribution in [0, 0.1) is 5.82 Å². The zero-order valence-electron chi connectivity index (χ0n) is 11.2. The number of hydrogen-bond acceptors (Lipinski definition) is 4. The van der Waals surface area contributed by atoms with Gasteiger partial charge in [0.1, 0.15) is 11.6 Å². The molecule has 0 spiro atoms. The SMILES string of the molecule is C/C(=N/O)c1cccc(NC(=O)c2ccc(O)cc2F)c1. The van der Waals surface area contributed by atoms with Crippen LogP contribution in [0.2, 0.25) is 0 Å². The third-order valence-electron chi connectivity index (χ3n) is 2.89. The zero-order valence-corrected chi connectivity index (χ0v) is 11.2. The monoisotopic (exact) mass is 288 g/mol. The van der Waals surface area contributed by atoms with Gasteiger partial charge in [-0.2, -0.15) is 0 Å². The molecule has 2 aromatic carbocycles. The van der Waals surface area contributed by atoms with Gasteiger partial charge in [0.15, 0.2) is 0 Å². The number of carbonyl (C=O) groups excluding carboxylic acids is 1. The number of oxime groups is 1. The standard InChI is InChI=1S/C15H13FN2O3/c1-9(18-21)10-3-2-4-11(7-10)17-15(20)13-6-5-12(19)8-14(13)16/h2-8,19,21H,1H3,(H,17,20)/b18-9-. The third kappa shape index (κ3) is 3.36. The maximum atomic E-state index is 13.6. The second kappa shape index (κ2) is 6.04. The van der Waals surface area contributed by atoms with E-state index in [2.05, 4.69) is 10.5 Å². The smallest absolute Gasteiger partial charge is 0.258 e. The molecule has 1 amide bonds. The van der Waals surface area contributed by atoms with Gasteiger partial charge >= 0.3 is 0 Å². The van der Waals surface area contributed by atoms with Gasteiger partial charge in [-0.25, -0.2) is 4.39 Å². The van der Waals surface area contributed by atoms with Crippen LogP contribution in [0.25, 0.3) is 0 Å². The predicted molar refractivity (Wildman–Crippen MR) is 76.5 cm³/mol. The van der Waals surface area contributed by atoms with E-state index in [1.54, 1.807) is 31.2 Å². The lowest BCUT2D eigenvalue weighted by Crippen LogP contribution is -2.14. The molecule has 2 aromatic rings. The minimum atomic E-state index is -0.809. The number of nitrogens with zero attached hydrogens (tertiary/aromatic N) is 1. The number of amides is 1. The Hall–Kier alpha value is -2.89. The molecule has 108 valence electrons. The molecule has 0 saturated heterocycles. The minimum Gasteiger partial charge on any atom is -0.508 e. The molecular formula is C15H13FN2O3. The molecule has 0 bridgehead atoms. The molecule has 6 heteroatoms. The molecule has 0 saturated carbocycles. The van der Waals surface area contributed by atoms with E-state index >= 15 is 0 Å². The normalized spacial score (nSPS) is 11.2. The first-order chi connectivity index (χ1) is 10.0. The number of anilines is 1. The highest BCUT2D eigenvalue weighted by Crippen LogP contribution is 2.17. The largest absolute Gasteiger partial charge is 0.508 e. The number of benzene rings is 2. The molecule has 2 rings (SSSR count). The Labute approximate surface area is 120 Å². The second-order valence-electron chi connectivity index (χ2n) is 4.38. The molecule has 0 aromatic heterocycles. The van der Waals surface area contributed by atoms with Crippen molar-refractivity contribution in [2.75, 3.05) is 5.32 Å². The van der Waals surface area contributed by atoms with E-state index in [9.17, 15) is 9.18 Å². The fraction of sp³-hybridized carbons (Fsp3) is 0.0667. The summed E-state index contributed by atoms with van der Waals surface area (Å²) in [5.41, 5.74) is 1.28. The number of carbonyl (C=O) groups is 1. The highest BCUT2D eigenvalue weighted by Gasteiger charge is 2.12. The highest BCUT2D eigenvalue weighted by molar-refractivity contribution is 6.05. The molecule has 0 aliphatic heterocycles. The van der Waals surface area contributed by atoms with Crippen LogP contribution in [0.4, 0.5) is 10.1 Å². The summed E-state index contributed by atoms with van der Waals surface area (Å²) in [7, 11) is 0.